The van der Waals surface area contributed by atoms with Crippen LogP contribution >= 0.6 is 0 Å². The quantitative estimate of drug-likeness (QED) is 0.675. The highest BCUT2D eigenvalue weighted by molar-refractivity contribution is 5.98. The molecule has 23 heavy (non-hydrogen) atoms. The Morgan fingerprint density at radius 3 is 2.48 bits per heavy atom. The second-order valence-electron chi connectivity index (χ2n) is 6.13. The molecule has 2 aromatic rings. The predicted octanol–water partition coefficient (Wildman–Crippen LogP) is 4.04. The Balaban J connectivity index is 1.42. The Hall–Kier alpha value is -2.68. The molecule has 0 radical (unpaired) electrons. The number of rotatable bonds is 3. The fourth-order valence-corrected chi connectivity index (χ4v) is 3.30. The normalized spacial score (nSPS) is 23.4. The van der Waals surface area contributed by atoms with E-state index in [2.05, 4.69) is 34.8 Å². The van der Waals surface area contributed by atoms with Crippen LogP contribution in [0.2, 0.25) is 0 Å². The van der Waals surface area contributed by atoms with E-state index >= 15 is 0 Å². The number of hydrazone groups is 1. The van der Waals surface area contributed by atoms with Gasteiger partial charge in [-0.2, -0.15) is 5.10 Å². The van der Waals surface area contributed by atoms with Gasteiger partial charge in [0, 0.05) is 17.2 Å². The summed E-state index contributed by atoms with van der Waals surface area (Å²) in [4.78, 5) is 12.2. The summed E-state index contributed by atoms with van der Waals surface area (Å²) in [6.07, 6.45) is 6.51. The van der Waals surface area contributed by atoms with Crippen LogP contribution in [0.4, 0.5) is 0 Å². The first kappa shape index (κ1) is 13.9. The zero-order valence-corrected chi connectivity index (χ0v) is 12.8. The molecule has 2 aliphatic carbocycles. The van der Waals surface area contributed by atoms with Crippen LogP contribution in [0.5, 0.6) is 0 Å². The van der Waals surface area contributed by atoms with Gasteiger partial charge in [0.05, 0.1) is 0 Å². The first-order valence-corrected chi connectivity index (χ1v) is 8.00. The van der Waals surface area contributed by atoms with Crippen molar-refractivity contribution in [3.05, 3.63) is 72.3 Å². The van der Waals surface area contributed by atoms with Crippen LogP contribution in [-0.4, -0.2) is 11.6 Å². The van der Waals surface area contributed by atoms with E-state index in [1.54, 1.807) is 0 Å². The molecule has 0 bridgehead atoms. The van der Waals surface area contributed by atoms with Crippen molar-refractivity contribution in [3.8, 4) is 11.1 Å². The van der Waals surface area contributed by atoms with Crippen LogP contribution in [-0.2, 0) is 0 Å². The Bertz CT molecular complexity index is 775. The summed E-state index contributed by atoms with van der Waals surface area (Å²) in [5.41, 5.74) is 6.70. The molecule has 1 saturated carbocycles. The first-order chi connectivity index (χ1) is 11.3. The summed E-state index contributed by atoms with van der Waals surface area (Å²) >= 11 is 0. The SMILES string of the molecule is O=C(NN=C1CC2C=CCC12)c1ccc(-c2ccccc2)cc1. The smallest absolute Gasteiger partial charge is 0.267 e. The minimum absolute atomic E-state index is 0.147. The van der Waals surface area contributed by atoms with Crippen LogP contribution in [0.3, 0.4) is 0 Å². The number of carbonyl (C=O) groups excluding carboxylic acids is 1. The number of fused-ring (bicyclic) bond motifs is 1. The molecule has 1 fully saturated rings. The van der Waals surface area contributed by atoms with Crippen LogP contribution in [0, 0.1) is 11.8 Å². The molecule has 2 aliphatic rings. The Kier molecular flexibility index (Phi) is 3.54. The van der Waals surface area contributed by atoms with Gasteiger partial charge in [-0.1, -0.05) is 54.6 Å². The summed E-state index contributed by atoms with van der Waals surface area (Å²) in [6, 6.07) is 17.8. The molecule has 1 amide bonds. The molecular formula is C20H18N2O. The molecule has 2 aromatic carbocycles. The lowest BCUT2D eigenvalue weighted by atomic mass is 9.74. The maximum Gasteiger partial charge on any atom is 0.271 e. The lowest BCUT2D eigenvalue weighted by molar-refractivity contribution is 0.0954. The standard InChI is InChI=1S/C20H18N2O/c23-20(22-21-19-13-17-7-4-8-18(17)19)16-11-9-15(10-12-16)14-5-2-1-3-6-14/h1-7,9-12,17-18H,8,13H2,(H,22,23). The minimum Gasteiger partial charge on any atom is -0.267 e. The van der Waals surface area contributed by atoms with Crippen LogP contribution in [0.25, 0.3) is 11.1 Å². The molecule has 1 N–H and O–H groups in total. The van der Waals surface area contributed by atoms with Crippen LogP contribution in [0.1, 0.15) is 23.2 Å². The highest BCUT2D eigenvalue weighted by atomic mass is 16.2. The minimum atomic E-state index is -0.147. The van der Waals surface area contributed by atoms with Gasteiger partial charge in [0.1, 0.15) is 0 Å². The number of benzene rings is 2. The lowest BCUT2D eigenvalue weighted by Gasteiger charge is -2.31. The topological polar surface area (TPSA) is 41.5 Å². The summed E-state index contributed by atoms with van der Waals surface area (Å²) in [5.74, 6) is 1.03. The number of hydrogen-bond acceptors (Lipinski definition) is 2. The third-order valence-corrected chi connectivity index (χ3v) is 4.72. The Morgan fingerprint density at radius 2 is 1.74 bits per heavy atom. The third-order valence-electron chi connectivity index (χ3n) is 4.72. The molecule has 3 heteroatoms. The van der Waals surface area contributed by atoms with Gasteiger partial charge >= 0.3 is 0 Å². The zero-order chi connectivity index (χ0) is 15.6. The van der Waals surface area contributed by atoms with Crippen LogP contribution in [0.15, 0.2) is 71.9 Å². The predicted molar refractivity (Wildman–Crippen MR) is 92.1 cm³/mol. The van der Waals surface area contributed by atoms with Gasteiger partial charge in [0.25, 0.3) is 5.91 Å². The molecule has 0 saturated heterocycles. The van der Waals surface area contributed by atoms with E-state index in [1.807, 2.05) is 42.5 Å². The maximum absolute atomic E-state index is 12.2. The van der Waals surface area contributed by atoms with E-state index in [0.29, 0.717) is 17.4 Å². The van der Waals surface area contributed by atoms with E-state index in [0.717, 1.165) is 29.7 Å². The maximum atomic E-state index is 12.2. The molecule has 114 valence electrons. The molecular weight excluding hydrogens is 284 g/mol. The molecule has 0 aliphatic heterocycles. The highest BCUT2D eigenvalue weighted by Crippen LogP contribution is 2.40. The number of allylic oxidation sites excluding steroid dienone is 2. The van der Waals surface area contributed by atoms with Gasteiger partial charge in [-0.15, -0.1) is 0 Å². The number of nitrogens with one attached hydrogen (secondary N) is 1. The fourth-order valence-electron chi connectivity index (χ4n) is 3.30. The molecule has 3 nitrogen and oxygen atoms in total. The Labute approximate surface area is 135 Å². The van der Waals surface area contributed by atoms with Crippen molar-refractivity contribution in [2.24, 2.45) is 16.9 Å². The van der Waals surface area contributed by atoms with Crippen molar-refractivity contribution in [1.29, 1.82) is 0 Å². The van der Waals surface area contributed by atoms with Crippen molar-refractivity contribution in [3.63, 3.8) is 0 Å². The van der Waals surface area contributed by atoms with Crippen molar-refractivity contribution < 1.29 is 4.79 Å². The number of hydrogen-bond donors (Lipinski definition) is 1. The second kappa shape index (κ2) is 5.84. The summed E-state index contributed by atoms with van der Waals surface area (Å²) < 4.78 is 0. The van der Waals surface area contributed by atoms with Crippen molar-refractivity contribution in [2.45, 2.75) is 12.8 Å². The van der Waals surface area contributed by atoms with Gasteiger partial charge in [0.2, 0.25) is 0 Å². The lowest BCUT2D eigenvalue weighted by Crippen LogP contribution is -2.35. The van der Waals surface area contributed by atoms with E-state index < -0.39 is 0 Å². The molecule has 0 heterocycles. The van der Waals surface area contributed by atoms with Crippen molar-refractivity contribution in [1.82, 2.24) is 5.43 Å². The first-order valence-electron chi connectivity index (χ1n) is 8.00. The van der Waals surface area contributed by atoms with Crippen molar-refractivity contribution in [2.75, 3.05) is 0 Å². The zero-order valence-electron chi connectivity index (χ0n) is 12.8. The molecule has 2 atom stereocenters. The van der Waals surface area contributed by atoms with Gasteiger partial charge in [0.15, 0.2) is 0 Å². The highest BCUT2D eigenvalue weighted by Gasteiger charge is 2.37. The van der Waals surface area contributed by atoms with E-state index in [-0.39, 0.29) is 5.91 Å². The summed E-state index contributed by atoms with van der Waals surface area (Å²) in [6.45, 7) is 0. The van der Waals surface area contributed by atoms with Gasteiger partial charge in [-0.05, 0) is 42.0 Å². The summed E-state index contributed by atoms with van der Waals surface area (Å²) in [5, 5.41) is 4.31. The van der Waals surface area contributed by atoms with E-state index in [9.17, 15) is 4.79 Å². The average molecular weight is 302 g/mol. The van der Waals surface area contributed by atoms with Gasteiger partial charge < -0.3 is 0 Å². The number of amides is 1. The van der Waals surface area contributed by atoms with Crippen LogP contribution < -0.4 is 5.43 Å². The monoisotopic (exact) mass is 302 g/mol. The molecule has 0 spiro atoms. The van der Waals surface area contributed by atoms with Gasteiger partial charge in [-0.25, -0.2) is 5.43 Å². The Morgan fingerprint density at radius 1 is 1.00 bits per heavy atom. The fraction of sp³-hybridized carbons (Fsp3) is 0.200. The molecule has 2 unspecified atom stereocenters. The largest absolute Gasteiger partial charge is 0.271 e. The van der Waals surface area contributed by atoms with E-state index in [1.165, 1.54) is 0 Å². The van der Waals surface area contributed by atoms with E-state index in [4.69, 9.17) is 0 Å². The average Bonchev–Trinajstić information content (AvgIpc) is 2.97. The third kappa shape index (κ3) is 2.70. The second-order valence-corrected chi connectivity index (χ2v) is 6.13. The van der Waals surface area contributed by atoms with Gasteiger partial charge in [-0.3, -0.25) is 4.79 Å². The molecule has 4 rings (SSSR count). The number of nitrogens with zero attached hydrogens (tertiary/aromatic N) is 1. The molecule has 0 aromatic heterocycles. The summed E-state index contributed by atoms with van der Waals surface area (Å²) in [7, 11) is 0. The van der Waals surface area contributed by atoms with Crippen molar-refractivity contribution >= 4 is 11.6 Å². The number of carbonyl (C=O) groups is 1.